The van der Waals surface area contributed by atoms with Crippen molar-refractivity contribution in [3.63, 3.8) is 0 Å². The van der Waals surface area contributed by atoms with Crippen molar-refractivity contribution >= 4 is 28.9 Å². The Morgan fingerprint density at radius 3 is 2.48 bits per heavy atom. The Hall–Kier alpha value is -2.14. The Bertz CT molecular complexity index is 669. The number of amides is 1. The van der Waals surface area contributed by atoms with Crippen LogP contribution in [-0.2, 0) is 20.7 Å². The fraction of sp³-hybridized carbons (Fsp3) is 0.333. The van der Waals surface area contributed by atoms with Gasteiger partial charge in [-0.2, -0.15) is 0 Å². The fourth-order valence-corrected chi connectivity index (χ4v) is 3.16. The van der Waals surface area contributed by atoms with E-state index < -0.39 is 0 Å². The molecule has 1 aromatic carbocycles. The fourth-order valence-electron chi connectivity index (χ4n) is 2.45. The second kappa shape index (κ2) is 7.92. The van der Waals surface area contributed by atoms with E-state index in [-0.39, 0.29) is 24.9 Å². The van der Waals surface area contributed by atoms with Crippen LogP contribution in [0.15, 0.2) is 29.6 Å². The number of nitrogens with one attached hydrogen (secondary N) is 1. The van der Waals surface area contributed by atoms with Crippen LogP contribution in [0.25, 0.3) is 0 Å². The Balaban J connectivity index is 1.80. The molecule has 1 heterocycles. The lowest BCUT2D eigenvalue weighted by Crippen LogP contribution is -2.22. The number of esters is 1. The lowest BCUT2D eigenvalue weighted by molar-refractivity contribution is -0.147. The zero-order valence-corrected chi connectivity index (χ0v) is 14.5. The molecule has 0 bridgehead atoms. The summed E-state index contributed by atoms with van der Waals surface area (Å²) in [6.07, 6.45) is 0.935. The molecule has 0 aliphatic rings. The minimum absolute atomic E-state index is 0.254. The van der Waals surface area contributed by atoms with Crippen molar-refractivity contribution in [1.82, 2.24) is 0 Å². The SMILES string of the molecule is Cc1cc(C)c(NC(=O)COC(=O)CCc2cccs2)c(C)c1. The van der Waals surface area contributed by atoms with Crippen molar-refractivity contribution in [2.75, 3.05) is 11.9 Å². The summed E-state index contributed by atoms with van der Waals surface area (Å²) in [7, 11) is 0. The zero-order valence-electron chi connectivity index (χ0n) is 13.6. The molecule has 0 atom stereocenters. The maximum absolute atomic E-state index is 12.0. The molecule has 0 saturated heterocycles. The molecule has 23 heavy (non-hydrogen) atoms. The van der Waals surface area contributed by atoms with Crippen molar-refractivity contribution in [1.29, 1.82) is 0 Å². The van der Waals surface area contributed by atoms with Gasteiger partial charge in [0.15, 0.2) is 6.61 Å². The Morgan fingerprint density at radius 1 is 1.17 bits per heavy atom. The average Bonchev–Trinajstić information content (AvgIpc) is 3.00. The monoisotopic (exact) mass is 331 g/mol. The highest BCUT2D eigenvalue weighted by Gasteiger charge is 2.11. The van der Waals surface area contributed by atoms with Gasteiger partial charge in [0.25, 0.3) is 5.91 Å². The van der Waals surface area contributed by atoms with Gasteiger partial charge in [-0.1, -0.05) is 23.8 Å². The zero-order chi connectivity index (χ0) is 16.8. The number of hydrogen-bond donors (Lipinski definition) is 1. The predicted octanol–water partition coefficient (Wildman–Crippen LogP) is 3.79. The Labute approximate surface area is 140 Å². The van der Waals surface area contributed by atoms with E-state index in [4.69, 9.17) is 4.74 Å². The second-order valence-corrected chi connectivity index (χ2v) is 6.59. The summed E-state index contributed by atoms with van der Waals surface area (Å²) >= 11 is 1.61. The lowest BCUT2D eigenvalue weighted by atomic mass is 10.1. The minimum atomic E-state index is -0.356. The minimum Gasteiger partial charge on any atom is -0.456 e. The number of rotatable bonds is 6. The highest BCUT2D eigenvalue weighted by molar-refractivity contribution is 7.09. The molecule has 2 rings (SSSR count). The summed E-state index contributed by atoms with van der Waals surface area (Å²) < 4.78 is 5.03. The third-order valence-corrected chi connectivity index (χ3v) is 4.40. The molecule has 1 N–H and O–H groups in total. The first-order valence-corrected chi connectivity index (χ1v) is 8.39. The van der Waals surface area contributed by atoms with Crippen molar-refractivity contribution < 1.29 is 14.3 Å². The highest BCUT2D eigenvalue weighted by Crippen LogP contribution is 2.21. The maximum atomic E-state index is 12.0. The smallest absolute Gasteiger partial charge is 0.306 e. The van der Waals surface area contributed by atoms with Gasteiger partial charge in [-0.05, 0) is 49.8 Å². The number of ether oxygens (including phenoxy) is 1. The largest absolute Gasteiger partial charge is 0.456 e. The van der Waals surface area contributed by atoms with Gasteiger partial charge >= 0.3 is 5.97 Å². The molecular formula is C18H21NO3S. The summed E-state index contributed by atoms with van der Waals surface area (Å²) in [6.45, 7) is 5.66. The van der Waals surface area contributed by atoms with E-state index in [1.807, 2.05) is 50.4 Å². The molecular weight excluding hydrogens is 310 g/mol. The van der Waals surface area contributed by atoms with Crippen LogP contribution in [0, 0.1) is 20.8 Å². The molecule has 0 spiro atoms. The molecule has 0 fully saturated rings. The van der Waals surface area contributed by atoms with Crippen LogP contribution >= 0.6 is 11.3 Å². The van der Waals surface area contributed by atoms with Gasteiger partial charge in [-0.3, -0.25) is 9.59 Å². The maximum Gasteiger partial charge on any atom is 0.306 e. The predicted molar refractivity (Wildman–Crippen MR) is 92.9 cm³/mol. The Morgan fingerprint density at radius 2 is 1.87 bits per heavy atom. The number of hydrogen-bond acceptors (Lipinski definition) is 4. The van der Waals surface area contributed by atoms with E-state index in [9.17, 15) is 9.59 Å². The molecule has 0 aliphatic carbocycles. The van der Waals surface area contributed by atoms with Crippen LogP contribution in [0.5, 0.6) is 0 Å². The first-order chi connectivity index (χ1) is 11.0. The number of carbonyl (C=O) groups excluding carboxylic acids is 2. The lowest BCUT2D eigenvalue weighted by Gasteiger charge is -2.13. The molecule has 2 aromatic rings. The van der Waals surface area contributed by atoms with Crippen molar-refractivity contribution in [3.05, 3.63) is 51.2 Å². The first-order valence-electron chi connectivity index (χ1n) is 7.51. The molecule has 1 amide bonds. The van der Waals surface area contributed by atoms with Crippen molar-refractivity contribution in [2.24, 2.45) is 0 Å². The van der Waals surface area contributed by atoms with Gasteiger partial charge < -0.3 is 10.1 Å². The van der Waals surface area contributed by atoms with Gasteiger partial charge in [-0.15, -0.1) is 11.3 Å². The van der Waals surface area contributed by atoms with Gasteiger partial charge in [-0.25, -0.2) is 0 Å². The summed E-state index contributed by atoms with van der Waals surface area (Å²) in [4.78, 5) is 24.8. The van der Waals surface area contributed by atoms with E-state index in [2.05, 4.69) is 5.32 Å². The van der Waals surface area contributed by atoms with Gasteiger partial charge in [0.05, 0.1) is 6.42 Å². The van der Waals surface area contributed by atoms with Crippen LogP contribution in [-0.4, -0.2) is 18.5 Å². The van der Waals surface area contributed by atoms with Crippen LogP contribution < -0.4 is 5.32 Å². The van der Waals surface area contributed by atoms with Gasteiger partial charge in [0.1, 0.15) is 0 Å². The third kappa shape index (κ3) is 5.21. The molecule has 0 unspecified atom stereocenters. The summed E-state index contributed by atoms with van der Waals surface area (Å²) in [6, 6.07) is 7.95. The van der Waals surface area contributed by atoms with E-state index in [0.29, 0.717) is 6.42 Å². The molecule has 4 nitrogen and oxygen atoms in total. The second-order valence-electron chi connectivity index (χ2n) is 5.56. The molecule has 1 aromatic heterocycles. The molecule has 5 heteroatoms. The average molecular weight is 331 g/mol. The summed E-state index contributed by atoms with van der Waals surface area (Å²) in [5.41, 5.74) is 3.94. The van der Waals surface area contributed by atoms with E-state index in [1.165, 1.54) is 0 Å². The highest BCUT2D eigenvalue weighted by atomic mass is 32.1. The standard InChI is InChI=1S/C18H21NO3S/c1-12-9-13(2)18(14(3)10-12)19-16(20)11-22-17(21)7-6-15-5-4-8-23-15/h4-5,8-10H,6-7,11H2,1-3H3,(H,19,20). The number of aryl methyl sites for hydroxylation is 4. The van der Waals surface area contributed by atoms with Crippen LogP contribution in [0.3, 0.4) is 0 Å². The summed E-state index contributed by atoms with van der Waals surface area (Å²) in [5, 5.41) is 4.79. The molecule has 0 radical (unpaired) electrons. The molecule has 0 aliphatic heterocycles. The van der Waals surface area contributed by atoms with Crippen molar-refractivity contribution in [2.45, 2.75) is 33.6 Å². The van der Waals surface area contributed by atoms with Crippen LogP contribution in [0.2, 0.25) is 0 Å². The van der Waals surface area contributed by atoms with Crippen LogP contribution in [0.1, 0.15) is 28.0 Å². The van der Waals surface area contributed by atoms with Gasteiger partial charge in [0, 0.05) is 10.6 Å². The van der Waals surface area contributed by atoms with E-state index in [0.717, 1.165) is 27.3 Å². The molecule has 122 valence electrons. The van der Waals surface area contributed by atoms with E-state index in [1.54, 1.807) is 11.3 Å². The number of thiophene rings is 1. The summed E-state index contributed by atoms with van der Waals surface area (Å²) in [5.74, 6) is -0.671. The first kappa shape index (κ1) is 17.2. The van der Waals surface area contributed by atoms with Gasteiger partial charge in [0.2, 0.25) is 0 Å². The quantitative estimate of drug-likeness (QED) is 0.819. The Kier molecular flexibility index (Phi) is 5.93. The topological polar surface area (TPSA) is 55.4 Å². The normalized spacial score (nSPS) is 10.4. The van der Waals surface area contributed by atoms with Crippen molar-refractivity contribution in [3.8, 4) is 0 Å². The number of benzene rings is 1. The third-order valence-electron chi connectivity index (χ3n) is 3.46. The number of anilines is 1. The molecule has 0 saturated carbocycles. The van der Waals surface area contributed by atoms with Crippen LogP contribution in [0.4, 0.5) is 5.69 Å². The number of carbonyl (C=O) groups is 2. The van der Waals surface area contributed by atoms with E-state index >= 15 is 0 Å².